The Labute approximate surface area is 90.0 Å². The van der Waals surface area contributed by atoms with Gasteiger partial charge in [0.05, 0.1) is 0 Å². The van der Waals surface area contributed by atoms with Crippen molar-refractivity contribution in [2.45, 2.75) is 19.4 Å². The van der Waals surface area contributed by atoms with Crippen molar-refractivity contribution in [3.63, 3.8) is 0 Å². The predicted molar refractivity (Wildman–Crippen MR) is 61.0 cm³/mol. The van der Waals surface area contributed by atoms with E-state index in [4.69, 9.17) is 0 Å². The molecule has 1 aromatic carbocycles. The van der Waals surface area contributed by atoms with Crippen LogP contribution in [-0.2, 0) is 0 Å². The fraction of sp³-hybridized carbons (Fsp3) is 0.385. The SMILES string of the molecule is CC1CC1NC/C=C/c1ccc(F)cc1. The normalized spacial score (nSPS) is 24.7. The monoisotopic (exact) mass is 205 g/mol. The zero-order valence-electron chi connectivity index (χ0n) is 8.91. The molecule has 1 aliphatic rings. The van der Waals surface area contributed by atoms with Crippen LogP contribution in [0, 0.1) is 11.7 Å². The third-order valence-corrected chi connectivity index (χ3v) is 2.79. The Morgan fingerprint density at radius 3 is 2.67 bits per heavy atom. The molecule has 2 rings (SSSR count). The molecule has 0 heterocycles. The van der Waals surface area contributed by atoms with Crippen molar-refractivity contribution in [3.05, 3.63) is 41.7 Å². The maximum Gasteiger partial charge on any atom is 0.123 e. The van der Waals surface area contributed by atoms with E-state index >= 15 is 0 Å². The molecule has 0 aliphatic heterocycles. The van der Waals surface area contributed by atoms with Gasteiger partial charge in [0.1, 0.15) is 5.82 Å². The Hall–Kier alpha value is -1.15. The molecule has 2 unspecified atom stereocenters. The molecule has 15 heavy (non-hydrogen) atoms. The van der Waals surface area contributed by atoms with Gasteiger partial charge in [-0.3, -0.25) is 0 Å². The first-order valence-electron chi connectivity index (χ1n) is 5.41. The highest BCUT2D eigenvalue weighted by Crippen LogP contribution is 2.28. The molecule has 0 spiro atoms. The van der Waals surface area contributed by atoms with E-state index in [0.717, 1.165) is 18.0 Å². The van der Waals surface area contributed by atoms with Gasteiger partial charge in [-0.25, -0.2) is 4.39 Å². The van der Waals surface area contributed by atoms with Crippen LogP contribution in [0.3, 0.4) is 0 Å². The van der Waals surface area contributed by atoms with Crippen LogP contribution in [0.1, 0.15) is 18.9 Å². The maximum absolute atomic E-state index is 12.6. The van der Waals surface area contributed by atoms with Crippen molar-refractivity contribution in [2.75, 3.05) is 6.54 Å². The molecule has 1 nitrogen and oxygen atoms in total. The van der Waals surface area contributed by atoms with Gasteiger partial charge in [0.15, 0.2) is 0 Å². The van der Waals surface area contributed by atoms with E-state index < -0.39 is 0 Å². The Balaban J connectivity index is 1.75. The summed E-state index contributed by atoms with van der Waals surface area (Å²) in [5, 5.41) is 3.43. The minimum Gasteiger partial charge on any atom is -0.310 e. The Morgan fingerprint density at radius 1 is 1.40 bits per heavy atom. The lowest BCUT2D eigenvalue weighted by Crippen LogP contribution is -2.17. The van der Waals surface area contributed by atoms with Crippen LogP contribution in [0.4, 0.5) is 4.39 Å². The van der Waals surface area contributed by atoms with Crippen molar-refractivity contribution in [3.8, 4) is 0 Å². The third kappa shape index (κ3) is 3.17. The quantitative estimate of drug-likeness (QED) is 0.797. The highest BCUT2D eigenvalue weighted by molar-refractivity contribution is 5.48. The second-order valence-corrected chi connectivity index (χ2v) is 4.18. The molecule has 0 bridgehead atoms. The van der Waals surface area contributed by atoms with E-state index in [9.17, 15) is 4.39 Å². The minimum atomic E-state index is -0.183. The predicted octanol–water partition coefficient (Wildman–Crippen LogP) is 2.84. The van der Waals surface area contributed by atoms with Crippen LogP contribution in [0.25, 0.3) is 6.08 Å². The molecule has 0 radical (unpaired) electrons. The molecule has 1 N–H and O–H groups in total. The second-order valence-electron chi connectivity index (χ2n) is 4.18. The summed E-state index contributed by atoms with van der Waals surface area (Å²) >= 11 is 0. The largest absolute Gasteiger partial charge is 0.310 e. The summed E-state index contributed by atoms with van der Waals surface area (Å²) in [6.07, 6.45) is 5.39. The van der Waals surface area contributed by atoms with E-state index in [0.29, 0.717) is 6.04 Å². The molecule has 1 aliphatic carbocycles. The highest BCUT2D eigenvalue weighted by Gasteiger charge is 2.31. The first-order chi connectivity index (χ1) is 7.25. The molecule has 80 valence electrons. The number of benzene rings is 1. The smallest absolute Gasteiger partial charge is 0.123 e. The van der Waals surface area contributed by atoms with Crippen molar-refractivity contribution in [1.82, 2.24) is 5.32 Å². The molecule has 1 fully saturated rings. The summed E-state index contributed by atoms with van der Waals surface area (Å²) in [6, 6.07) is 7.24. The Kier molecular flexibility index (Phi) is 3.17. The molecule has 0 amide bonds. The number of hydrogen-bond acceptors (Lipinski definition) is 1. The zero-order chi connectivity index (χ0) is 10.7. The summed E-state index contributed by atoms with van der Waals surface area (Å²) in [4.78, 5) is 0. The third-order valence-electron chi connectivity index (χ3n) is 2.79. The number of hydrogen-bond donors (Lipinski definition) is 1. The first kappa shape index (κ1) is 10.4. The lowest BCUT2D eigenvalue weighted by Gasteiger charge is -1.97. The average Bonchev–Trinajstić information content (AvgIpc) is 2.92. The van der Waals surface area contributed by atoms with Gasteiger partial charge in [0.25, 0.3) is 0 Å². The highest BCUT2D eigenvalue weighted by atomic mass is 19.1. The van der Waals surface area contributed by atoms with E-state index in [1.54, 1.807) is 12.1 Å². The lowest BCUT2D eigenvalue weighted by atomic mass is 10.2. The van der Waals surface area contributed by atoms with Crippen molar-refractivity contribution >= 4 is 6.08 Å². The van der Waals surface area contributed by atoms with Crippen LogP contribution < -0.4 is 5.32 Å². The molecule has 0 saturated heterocycles. The topological polar surface area (TPSA) is 12.0 Å². The van der Waals surface area contributed by atoms with Crippen LogP contribution in [0.5, 0.6) is 0 Å². The van der Waals surface area contributed by atoms with E-state index in [2.05, 4.69) is 18.3 Å². The fourth-order valence-corrected chi connectivity index (χ4v) is 1.59. The number of rotatable bonds is 4. The molecule has 0 aromatic heterocycles. The average molecular weight is 205 g/mol. The van der Waals surface area contributed by atoms with Crippen LogP contribution in [0.2, 0.25) is 0 Å². The van der Waals surface area contributed by atoms with Gasteiger partial charge in [-0.1, -0.05) is 31.2 Å². The summed E-state index contributed by atoms with van der Waals surface area (Å²) in [5.74, 6) is 0.654. The summed E-state index contributed by atoms with van der Waals surface area (Å²) < 4.78 is 12.6. The van der Waals surface area contributed by atoms with Gasteiger partial charge in [-0.05, 0) is 30.0 Å². The first-order valence-corrected chi connectivity index (χ1v) is 5.41. The fourth-order valence-electron chi connectivity index (χ4n) is 1.59. The molecule has 1 saturated carbocycles. The second kappa shape index (κ2) is 4.58. The minimum absolute atomic E-state index is 0.183. The van der Waals surface area contributed by atoms with Crippen molar-refractivity contribution in [1.29, 1.82) is 0 Å². The summed E-state index contributed by atoms with van der Waals surface area (Å²) in [6.45, 7) is 3.15. The van der Waals surface area contributed by atoms with Gasteiger partial charge >= 0.3 is 0 Å². The van der Waals surface area contributed by atoms with Gasteiger partial charge in [-0.2, -0.15) is 0 Å². The van der Waals surface area contributed by atoms with Crippen molar-refractivity contribution in [2.24, 2.45) is 5.92 Å². The van der Waals surface area contributed by atoms with E-state index in [1.165, 1.54) is 18.6 Å². The van der Waals surface area contributed by atoms with Crippen LogP contribution in [-0.4, -0.2) is 12.6 Å². The molecule has 1 aromatic rings. The van der Waals surface area contributed by atoms with Crippen LogP contribution in [0.15, 0.2) is 30.3 Å². The summed E-state index contributed by atoms with van der Waals surface area (Å²) in [5.41, 5.74) is 1.04. The van der Waals surface area contributed by atoms with E-state index in [-0.39, 0.29) is 5.82 Å². The maximum atomic E-state index is 12.6. The van der Waals surface area contributed by atoms with Gasteiger partial charge in [-0.15, -0.1) is 0 Å². The van der Waals surface area contributed by atoms with Crippen molar-refractivity contribution < 1.29 is 4.39 Å². The number of halogens is 1. The Bertz CT molecular complexity index is 342. The van der Waals surface area contributed by atoms with Crippen LogP contribution >= 0.6 is 0 Å². The Morgan fingerprint density at radius 2 is 2.07 bits per heavy atom. The molecular weight excluding hydrogens is 189 g/mol. The lowest BCUT2D eigenvalue weighted by molar-refractivity contribution is 0.628. The summed E-state index contributed by atoms with van der Waals surface area (Å²) in [7, 11) is 0. The standard InChI is InChI=1S/C13H16FN/c1-10-9-13(10)15-8-2-3-11-4-6-12(14)7-5-11/h2-7,10,13,15H,8-9H2,1H3/b3-2+. The van der Waals surface area contributed by atoms with E-state index in [1.807, 2.05) is 6.08 Å². The molecule has 2 heteroatoms. The number of nitrogens with one attached hydrogen (secondary N) is 1. The zero-order valence-corrected chi connectivity index (χ0v) is 8.91. The van der Waals surface area contributed by atoms with Gasteiger partial charge < -0.3 is 5.32 Å². The molecular formula is C13H16FN. The van der Waals surface area contributed by atoms with Gasteiger partial charge in [0, 0.05) is 12.6 Å². The van der Waals surface area contributed by atoms with Gasteiger partial charge in [0.2, 0.25) is 0 Å². The molecule has 2 atom stereocenters.